The quantitative estimate of drug-likeness (QED) is 0.890. The molecule has 0 aliphatic rings. The number of alkyl halides is 2. The summed E-state index contributed by atoms with van der Waals surface area (Å²) in [6, 6.07) is 10.4. The van der Waals surface area contributed by atoms with Gasteiger partial charge in [0.15, 0.2) is 0 Å². The monoisotopic (exact) mass is 291 g/mol. The van der Waals surface area contributed by atoms with Gasteiger partial charge in [0.2, 0.25) is 0 Å². The first-order chi connectivity index (χ1) is 10.1. The van der Waals surface area contributed by atoms with Crippen molar-refractivity contribution in [2.45, 2.75) is 19.7 Å². The van der Waals surface area contributed by atoms with Crippen molar-refractivity contribution >= 4 is 0 Å². The van der Waals surface area contributed by atoms with Crippen LogP contribution in [-0.4, -0.2) is 11.2 Å². The summed E-state index contributed by atoms with van der Waals surface area (Å²) < 4.78 is 30.1. The third kappa shape index (κ3) is 4.29. The van der Waals surface area contributed by atoms with Crippen molar-refractivity contribution in [1.29, 1.82) is 5.26 Å². The molecular formula is C15H15F2N3O. The summed E-state index contributed by atoms with van der Waals surface area (Å²) in [7, 11) is 1.82. The number of nitrogens with one attached hydrogen (secondary N) is 1. The third-order valence-electron chi connectivity index (χ3n) is 2.98. The molecule has 0 radical (unpaired) electrons. The average Bonchev–Trinajstić information content (AvgIpc) is 2.80. The fourth-order valence-electron chi connectivity index (χ4n) is 1.98. The van der Waals surface area contributed by atoms with Gasteiger partial charge in [-0.3, -0.25) is 0 Å². The molecule has 0 atom stereocenters. The van der Waals surface area contributed by atoms with Gasteiger partial charge in [0.25, 0.3) is 0 Å². The normalized spacial score (nSPS) is 10.6. The van der Waals surface area contributed by atoms with Crippen LogP contribution in [0.5, 0.6) is 5.75 Å². The van der Waals surface area contributed by atoms with Crippen LogP contribution < -0.4 is 10.1 Å². The average molecular weight is 291 g/mol. The van der Waals surface area contributed by atoms with Gasteiger partial charge in [0, 0.05) is 26.3 Å². The number of rotatable bonds is 6. The standard InChI is InChI=1S/C15H15F2N3O/c1-20-10-12(6-13(20)7-18)9-19-8-11-2-4-14(5-3-11)21-15(16)17/h2-6,10,15,19H,8-9H2,1H3. The van der Waals surface area contributed by atoms with Crippen LogP contribution in [0.3, 0.4) is 0 Å². The van der Waals surface area contributed by atoms with Crippen LogP contribution in [0.1, 0.15) is 16.8 Å². The van der Waals surface area contributed by atoms with Gasteiger partial charge in [-0.05, 0) is 29.3 Å². The summed E-state index contributed by atoms with van der Waals surface area (Å²) >= 11 is 0. The number of ether oxygens (including phenoxy) is 1. The number of nitriles is 1. The fourth-order valence-corrected chi connectivity index (χ4v) is 1.98. The molecule has 6 heteroatoms. The van der Waals surface area contributed by atoms with Gasteiger partial charge in [0.1, 0.15) is 17.5 Å². The zero-order chi connectivity index (χ0) is 15.2. The molecule has 0 aliphatic heterocycles. The summed E-state index contributed by atoms with van der Waals surface area (Å²) in [5.41, 5.74) is 2.60. The molecule has 2 rings (SSSR count). The predicted octanol–water partition coefficient (Wildman–Crippen LogP) is 2.79. The Morgan fingerprint density at radius 2 is 1.90 bits per heavy atom. The van der Waals surface area contributed by atoms with Crippen LogP contribution in [0.4, 0.5) is 8.78 Å². The Balaban J connectivity index is 1.84. The van der Waals surface area contributed by atoms with E-state index in [1.807, 2.05) is 19.3 Å². The number of nitrogens with zero attached hydrogens (tertiary/aromatic N) is 2. The van der Waals surface area contributed by atoms with Crippen molar-refractivity contribution in [2.75, 3.05) is 0 Å². The lowest BCUT2D eigenvalue weighted by Crippen LogP contribution is -2.12. The maximum atomic E-state index is 12.0. The number of aryl methyl sites for hydroxylation is 1. The maximum absolute atomic E-state index is 12.0. The van der Waals surface area contributed by atoms with Gasteiger partial charge in [-0.15, -0.1) is 0 Å². The van der Waals surface area contributed by atoms with E-state index in [4.69, 9.17) is 5.26 Å². The van der Waals surface area contributed by atoms with E-state index in [2.05, 4.69) is 16.1 Å². The van der Waals surface area contributed by atoms with Crippen LogP contribution in [0.25, 0.3) is 0 Å². The summed E-state index contributed by atoms with van der Waals surface area (Å²) in [6.45, 7) is -1.57. The van der Waals surface area contributed by atoms with E-state index in [0.29, 0.717) is 18.8 Å². The molecule has 1 aromatic heterocycles. The zero-order valence-electron chi connectivity index (χ0n) is 11.5. The van der Waals surface area contributed by atoms with E-state index in [-0.39, 0.29) is 5.75 Å². The van der Waals surface area contributed by atoms with Crippen LogP contribution in [0, 0.1) is 11.3 Å². The minimum atomic E-state index is -2.80. The Kier molecular flexibility index (Phi) is 4.90. The van der Waals surface area contributed by atoms with Crippen LogP contribution in [0.2, 0.25) is 0 Å². The predicted molar refractivity (Wildman–Crippen MR) is 73.7 cm³/mol. The van der Waals surface area contributed by atoms with Crippen LogP contribution in [0.15, 0.2) is 36.5 Å². The maximum Gasteiger partial charge on any atom is 0.387 e. The summed E-state index contributed by atoms with van der Waals surface area (Å²) in [6.07, 6.45) is 1.89. The second-order valence-electron chi connectivity index (χ2n) is 4.58. The first-order valence-electron chi connectivity index (χ1n) is 6.38. The van der Waals surface area contributed by atoms with Crippen molar-refractivity contribution < 1.29 is 13.5 Å². The smallest absolute Gasteiger partial charge is 0.387 e. The molecule has 0 amide bonds. The van der Waals surface area contributed by atoms with Crippen LogP contribution >= 0.6 is 0 Å². The lowest BCUT2D eigenvalue weighted by Gasteiger charge is -2.06. The first kappa shape index (κ1) is 15.0. The van der Waals surface area contributed by atoms with E-state index >= 15 is 0 Å². The second kappa shape index (κ2) is 6.86. The second-order valence-corrected chi connectivity index (χ2v) is 4.58. The van der Waals surface area contributed by atoms with Gasteiger partial charge < -0.3 is 14.6 Å². The SMILES string of the molecule is Cn1cc(CNCc2ccc(OC(F)F)cc2)cc1C#N. The molecule has 21 heavy (non-hydrogen) atoms. The van der Waals surface area contributed by atoms with Crippen molar-refractivity contribution in [3.8, 4) is 11.8 Å². The summed E-state index contributed by atoms with van der Waals surface area (Å²) in [5, 5.41) is 12.1. The number of hydrogen-bond acceptors (Lipinski definition) is 3. The van der Waals surface area contributed by atoms with E-state index in [0.717, 1.165) is 11.1 Å². The lowest BCUT2D eigenvalue weighted by molar-refractivity contribution is -0.0498. The van der Waals surface area contributed by atoms with Crippen molar-refractivity contribution in [3.05, 3.63) is 53.3 Å². The highest BCUT2D eigenvalue weighted by molar-refractivity contribution is 5.29. The molecular weight excluding hydrogens is 276 g/mol. The molecule has 0 spiro atoms. The van der Waals surface area contributed by atoms with Gasteiger partial charge in [-0.1, -0.05) is 12.1 Å². The Labute approximate surface area is 121 Å². The topological polar surface area (TPSA) is 50.0 Å². The van der Waals surface area contributed by atoms with Crippen molar-refractivity contribution in [1.82, 2.24) is 9.88 Å². The molecule has 0 aliphatic carbocycles. The fraction of sp³-hybridized carbons (Fsp3) is 0.267. The molecule has 0 unspecified atom stereocenters. The highest BCUT2D eigenvalue weighted by atomic mass is 19.3. The number of aromatic nitrogens is 1. The van der Waals surface area contributed by atoms with Gasteiger partial charge in [-0.2, -0.15) is 14.0 Å². The molecule has 4 nitrogen and oxygen atoms in total. The Bertz CT molecular complexity index is 629. The Morgan fingerprint density at radius 3 is 2.48 bits per heavy atom. The Morgan fingerprint density at radius 1 is 1.24 bits per heavy atom. The van der Waals surface area contributed by atoms with E-state index < -0.39 is 6.61 Å². The highest BCUT2D eigenvalue weighted by Crippen LogP contribution is 2.15. The molecule has 0 saturated heterocycles. The third-order valence-corrected chi connectivity index (χ3v) is 2.98. The van der Waals surface area contributed by atoms with Gasteiger partial charge >= 0.3 is 6.61 Å². The molecule has 0 saturated carbocycles. The molecule has 1 heterocycles. The molecule has 0 fully saturated rings. The first-order valence-corrected chi connectivity index (χ1v) is 6.38. The number of hydrogen-bond donors (Lipinski definition) is 1. The minimum absolute atomic E-state index is 0.149. The van der Waals surface area contributed by atoms with Crippen molar-refractivity contribution in [2.24, 2.45) is 7.05 Å². The Hall–Kier alpha value is -2.39. The van der Waals surface area contributed by atoms with Gasteiger partial charge in [-0.25, -0.2) is 0 Å². The molecule has 1 aromatic carbocycles. The van der Waals surface area contributed by atoms with E-state index in [1.165, 1.54) is 12.1 Å². The summed E-state index contributed by atoms with van der Waals surface area (Å²) in [5.74, 6) is 0.149. The van der Waals surface area contributed by atoms with Crippen LogP contribution in [-0.2, 0) is 20.1 Å². The van der Waals surface area contributed by atoms with Gasteiger partial charge in [0.05, 0.1) is 0 Å². The van der Waals surface area contributed by atoms with E-state index in [9.17, 15) is 8.78 Å². The molecule has 1 N–H and O–H groups in total. The molecule has 2 aromatic rings. The minimum Gasteiger partial charge on any atom is -0.435 e. The molecule has 0 bridgehead atoms. The number of halogens is 2. The lowest BCUT2D eigenvalue weighted by atomic mass is 10.2. The summed E-state index contributed by atoms with van der Waals surface area (Å²) in [4.78, 5) is 0. The molecule has 110 valence electrons. The van der Waals surface area contributed by atoms with E-state index in [1.54, 1.807) is 16.7 Å². The zero-order valence-corrected chi connectivity index (χ0v) is 11.5. The highest BCUT2D eigenvalue weighted by Gasteiger charge is 2.04. The largest absolute Gasteiger partial charge is 0.435 e. The number of benzene rings is 1. The van der Waals surface area contributed by atoms with Crippen molar-refractivity contribution in [3.63, 3.8) is 0 Å².